The maximum atomic E-state index is 13.3. The zero-order chi connectivity index (χ0) is 13.4. The average Bonchev–Trinajstić information content (AvgIpc) is 2.37. The van der Waals surface area contributed by atoms with Crippen LogP contribution in [0.2, 0.25) is 0 Å². The van der Waals surface area contributed by atoms with E-state index in [1.807, 2.05) is 6.07 Å². The van der Waals surface area contributed by atoms with Crippen LogP contribution in [-0.2, 0) is 4.79 Å². The molecule has 19 heavy (non-hydrogen) atoms. The lowest BCUT2D eigenvalue weighted by Crippen LogP contribution is -2.23. The molecule has 0 saturated carbocycles. The molecule has 96 valence electrons. The number of carbonyl (C=O) groups is 1. The Kier molecular flexibility index (Phi) is 2.71. The van der Waals surface area contributed by atoms with Gasteiger partial charge in [-0.3, -0.25) is 4.79 Å². The molecule has 0 radical (unpaired) electrons. The van der Waals surface area contributed by atoms with Crippen molar-refractivity contribution in [3.8, 4) is 5.75 Å². The van der Waals surface area contributed by atoms with Crippen LogP contribution in [0.4, 0.5) is 10.1 Å². The number of halogens is 1. The van der Waals surface area contributed by atoms with Crippen molar-refractivity contribution >= 4 is 11.6 Å². The summed E-state index contributed by atoms with van der Waals surface area (Å²) in [5, 5.41) is 12.2. The van der Waals surface area contributed by atoms with Gasteiger partial charge in [0.05, 0.1) is 0 Å². The number of rotatable bonds is 1. The van der Waals surface area contributed by atoms with Crippen LogP contribution < -0.4 is 5.32 Å². The van der Waals surface area contributed by atoms with Crippen molar-refractivity contribution < 1.29 is 14.3 Å². The molecular weight excluding hydrogens is 245 g/mol. The van der Waals surface area contributed by atoms with Gasteiger partial charge >= 0.3 is 0 Å². The Hall–Kier alpha value is -2.36. The summed E-state index contributed by atoms with van der Waals surface area (Å²) in [5.74, 6) is -0.532. The van der Waals surface area contributed by atoms with Crippen LogP contribution in [0.5, 0.6) is 5.75 Å². The fraction of sp³-hybridized carbons (Fsp3) is 0.133. The topological polar surface area (TPSA) is 49.3 Å². The van der Waals surface area contributed by atoms with Gasteiger partial charge in [0.2, 0.25) is 5.91 Å². The molecular formula is C15H12FNO2. The Labute approximate surface area is 109 Å². The molecule has 1 aliphatic heterocycles. The van der Waals surface area contributed by atoms with E-state index in [0.29, 0.717) is 5.69 Å². The predicted molar refractivity (Wildman–Crippen MR) is 69.6 cm³/mol. The lowest BCUT2D eigenvalue weighted by molar-refractivity contribution is -0.116. The molecule has 0 spiro atoms. The molecule has 0 bridgehead atoms. The molecule has 0 saturated heterocycles. The lowest BCUT2D eigenvalue weighted by atomic mass is 9.85. The predicted octanol–water partition coefficient (Wildman–Crippen LogP) is 3.01. The van der Waals surface area contributed by atoms with E-state index in [1.54, 1.807) is 18.2 Å². The van der Waals surface area contributed by atoms with Gasteiger partial charge in [-0.05, 0) is 29.3 Å². The first-order valence-corrected chi connectivity index (χ1v) is 6.02. The third-order valence-electron chi connectivity index (χ3n) is 3.33. The Bertz CT molecular complexity index is 654. The third-order valence-corrected chi connectivity index (χ3v) is 3.33. The van der Waals surface area contributed by atoms with E-state index in [-0.39, 0.29) is 29.8 Å². The number of phenols is 1. The molecule has 2 N–H and O–H groups in total. The Balaban J connectivity index is 2.11. The first kappa shape index (κ1) is 11.7. The summed E-state index contributed by atoms with van der Waals surface area (Å²) in [6, 6.07) is 11.1. The van der Waals surface area contributed by atoms with Gasteiger partial charge in [-0.1, -0.05) is 18.2 Å². The van der Waals surface area contributed by atoms with E-state index in [9.17, 15) is 14.3 Å². The van der Waals surface area contributed by atoms with Crippen molar-refractivity contribution in [1.82, 2.24) is 0 Å². The van der Waals surface area contributed by atoms with E-state index in [4.69, 9.17) is 0 Å². The highest BCUT2D eigenvalue weighted by Crippen LogP contribution is 2.38. The summed E-state index contributed by atoms with van der Waals surface area (Å²) < 4.78 is 13.3. The molecule has 1 heterocycles. The monoisotopic (exact) mass is 257 g/mol. The quantitative estimate of drug-likeness (QED) is 0.825. The van der Waals surface area contributed by atoms with E-state index < -0.39 is 0 Å². The summed E-state index contributed by atoms with van der Waals surface area (Å²) in [5.41, 5.74) is 2.25. The summed E-state index contributed by atoms with van der Waals surface area (Å²) in [4.78, 5) is 11.7. The van der Waals surface area contributed by atoms with Crippen molar-refractivity contribution in [2.24, 2.45) is 0 Å². The fourth-order valence-corrected chi connectivity index (χ4v) is 2.47. The highest BCUT2D eigenvalue weighted by molar-refractivity contribution is 5.95. The van der Waals surface area contributed by atoms with Crippen LogP contribution in [0.15, 0.2) is 42.5 Å². The zero-order valence-electron chi connectivity index (χ0n) is 10.1. The Morgan fingerprint density at radius 3 is 2.84 bits per heavy atom. The zero-order valence-corrected chi connectivity index (χ0v) is 10.1. The van der Waals surface area contributed by atoms with Crippen molar-refractivity contribution in [1.29, 1.82) is 0 Å². The summed E-state index contributed by atoms with van der Waals surface area (Å²) in [6.45, 7) is 0. The number of phenolic OH excluding ortho intramolecular Hbond substituents is 1. The summed E-state index contributed by atoms with van der Waals surface area (Å²) >= 11 is 0. The molecule has 0 unspecified atom stereocenters. The van der Waals surface area contributed by atoms with Gasteiger partial charge in [0.25, 0.3) is 0 Å². The first-order chi connectivity index (χ1) is 9.13. The van der Waals surface area contributed by atoms with Crippen molar-refractivity contribution in [2.45, 2.75) is 12.3 Å². The number of anilines is 1. The van der Waals surface area contributed by atoms with E-state index in [2.05, 4.69) is 5.32 Å². The number of nitrogens with one attached hydrogen (secondary N) is 1. The van der Waals surface area contributed by atoms with Crippen molar-refractivity contribution in [3.05, 3.63) is 59.4 Å². The largest absolute Gasteiger partial charge is 0.508 e. The van der Waals surface area contributed by atoms with Crippen LogP contribution in [-0.4, -0.2) is 11.0 Å². The number of benzene rings is 2. The highest BCUT2D eigenvalue weighted by Gasteiger charge is 2.26. The summed E-state index contributed by atoms with van der Waals surface area (Å²) in [6.07, 6.45) is 0.279. The maximum absolute atomic E-state index is 13.3. The minimum Gasteiger partial charge on any atom is -0.508 e. The standard InChI is InChI=1S/C15H12FNO2/c16-10-3-1-2-9(6-10)13-8-15(19)17-14-7-11(18)4-5-12(13)14/h1-7,13,18H,8H2,(H,17,19)/t13-/m1/s1. The van der Waals surface area contributed by atoms with Crippen LogP contribution in [0.3, 0.4) is 0 Å². The molecule has 1 atom stereocenters. The van der Waals surface area contributed by atoms with E-state index >= 15 is 0 Å². The minimum atomic E-state index is -0.316. The smallest absolute Gasteiger partial charge is 0.225 e. The number of fused-ring (bicyclic) bond motifs is 1. The van der Waals surface area contributed by atoms with Gasteiger partial charge in [-0.15, -0.1) is 0 Å². The molecule has 0 aromatic heterocycles. The molecule has 0 fully saturated rings. The minimum absolute atomic E-state index is 0.0962. The SMILES string of the molecule is O=C1C[C@H](c2cccc(F)c2)c2ccc(O)cc2N1. The second-order valence-corrected chi connectivity index (χ2v) is 4.63. The summed E-state index contributed by atoms with van der Waals surface area (Å²) in [7, 11) is 0. The number of hydrogen-bond donors (Lipinski definition) is 2. The van der Waals surface area contributed by atoms with Gasteiger partial charge in [-0.2, -0.15) is 0 Å². The second-order valence-electron chi connectivity index (χ2n) is 4.63. The average molecular weight is 257 g/mol. The van der Waals surface area contributed by atoms with Crippen molar-refractivity contribution in [2.75, 3.05) is 5.32 Å². The third kappa shape index (κ3) is 2.17. The van der Waals surface area contributed by atoms with Gasteiger partial charge in [0, 0.05) is 24.1 Å². The molecule has 1 amide bonds. The van der Waals surface area contributed by atoms with Crippen molar-refractivity contribution in [3.63, 3.8) is 0 Å². The van der Waals surface area contributed by atoms with Gasteiger partial charge in [-0.25, -0.2) is 4.39 Å². The lowest BCUT2D eigenvalue weighted by Gasteiger charge is -2.26. The van der Waals surface area contributed by atoms with Gasteiger partial charge in [0.1, 0.15) is 11.6 Å². The van der Waals surface area contributed by atoms with Gasteiger partial charge < -0.3 is 10.4 Å². The van der Waals surface area contributed by atoms with Gasteiger partial charge in [0.15, 0.2) is 0 Å². The number of hydrogen-bond acceptors (Lipinski definition) is 2. The molecule has 0 aliphatic carbocycles. The second kappa shape index (κ2) is 4.39. The molecule has 4 heteroatoms. The van der Waals surface area contributed by atoms with Crippen LogP contribution in [0, 0.1) is 5.82 Å². The number of aromatic hydroxyl groups is 1. The van der Waals surface area contributed by atoms with E-state index in [0.717, 1.165) is 11.1 Å². The normalized spacial score (nSPS) is 17.7. The number of amides is 1. The maximum Gasteiger partial charge on any atom is 0.225 e. The van der Waals surface area contributed by atoms with E-state index in [1.165, 1.54) is 18.2 Å². The fourth-order valence-electron chi connectivity index (χ4n) is 2.47. The molecule has 2 aromatic rings. The Morgan fingerprint density at radius 2 is 2.05 bits per heavy atom. The van der Waals surface area contributed by atoms with Crippen LogP contribution in [0.1, 0.15) is 23.5 Å². The molecule has 3 nitrogen and oxygen atoms in total. The van der Waals surface area contributed by atoms with Crippen LogP contribution >= 0.6 is 0 Å². The highest BCUT2D eigenvalue weighted by atomic mass is 19.1. The molecule has 3 rings (SSSR count). The van der Waals surface area contributed by atoms with Crippen LogP contribution in [0.25, 0.3) is 0 Å². The first-order valence-electron chi connectivity index (χ1n) is 6.02. The molecule has 2 aromatic carbocycles. The Morgan fingerprint density at radius 1 is 1.21 bits per heavy atom. The molecule has 1 aliphatic rings. The number of carbonyl (C=O) groups excluding carboxylic acids is 1.